The Balaban J connectivity index is 2.13. The molecule has 1 fully saturated rings. The van der Waals surface area contributed by atoms with Gasteiger partial charge in [0.1, 0.15) is 0 Å². The first kappa shape index (κ1) is 11.9. The zero-order chi connectivity index (χ0) is 11.5. The van der Waals surface area contributed by atoms with Gasteiger partial charge < -0.3 is 10.1 Å². The van der Waals surface area contributed by atoms with Gasteiger partial charge in [-0.3, -0.25) is 0 Å². The van der Waals surface area contributed by atoms with Gasteiger partial charge in [-0.1, -0.05) is 43.6 Å². The average Bonchev–Trinajstić information content (AvgIpc) is 2.30. The van der Waals surface area contributed by atoms with E-state index in [9.17, 15) is 0 Å². The van der Waals surface area contributed by atoms with Crippen molar-refractivity contribution in [3.05, 3.63) is 34.9 Å². The zero-order valence-corrected chi connectivity index (χ0v) is 10.5. The van der Waals surface area contributed by atoms with Gasteiger partial charge in [-0.2, -0.15) is 0 Å². The summed E-state index contributed by atoms with van der Waals surface area (Å²) in [7, 11) is 0. The van der Waals surface area contributed by atoms with Gasteiger partial charge in [0.25, 0.3) is 0 Å². The van der Waals surface area contributed by atoms with Crippen LogP contribution in [-0.2, 0) is 4.74 Å². The van der Waals surface area contributed by atoms with Crippen molar-refractivity contribution in [2.45, 2.75) is 26.1 Å². The summed E-state index contributed by atoms with van der Waals surface area (Å²) in [5.74, 6) is 0.526. The smallest absolute Gasteiger partial charge is 0.0968 e. The summed E-state index contributed by atoms with van der Waals surface area (Å²) in [6.45, 7) is 6.13. The summed E-state index contributed by atoms with van der Waals surface area (Å²) in [4.78, 5) is 0. The van der Waals surface area contributed by atoms with Crippen molar-refractivity contribution < 1.29 is 4.74 Å². The van der Waals surface area contributed by atoms with Crippen LogP contribution in [0.1, 0.15) is 25.5 Å². The van der Waals surface area contributed by atoms with Crippen molar-refractivity contribution in [1.82, 2.24) is 5.32 Å². The minimum Gasteiger partial charge on any atom is -0.367 e. The molecule has 0 saturated carbocycles. The van der Waals surface area contributed by atoms with Gasteiger partial charge in [0.15, 0.2) is 0 Å². The normalized spacial score (nSPS) is 26.0. The fraction of sp³-hybridized carbons (Fsp3) is 0.538. The quantitative estimate of drug-likeness (QED) is 0.857. The molecular weight excluding hydrogens is 222 g/mol. The largest absolute Gasteiger partial charge is 0.367 e. The lowest BCUT2D eigenvalue weighted by Crippen LogP contribution is -2.43. The SMILES string of the molecule is CC(C)C1CNCC(c2ccccc2Cl)O1. The predicted molar refractivity (Wildman–Crippen MR) is 66.8 cm³/mol. The number of halogens is 1. The van der Waals surface area contributed by atoms with Crippen LogP contribution in [0.2, 0.25) is 5.02 Å². The van der Waals surface area contributed by atoms with Crippen LogP contribution in [0.3, 0.4) is 0 Å². The molecule has 88 valence electrons. The second-order valence-electron chi connectivity index (χ2n) is 4.59. The summed E-state index contributed by atoms with van der Waals surface area (Å²) in [5, 5.41) is 4.20. The van der Waals surface area contributed by atoms with Gasteiger partial charge in [0, 0.05) is 23.7 Å². The highest BCUT2D eigenvalue weighted by molar-refractivity contribution is 6.31. The molecule has 1 aromatic carbocycles. The van der Waals surface area contributed by atoms with Crippen LogP contribution in [0.25, 0.3) is 0 Å². The van der Waals surface area contributed by atoms with Crippen LogP contribution in [0.15, 0.2) is 24.3 Å². The monoisotopic (exact) mass is 239 g/mol. The fourth-order valence-electron chi connectivity index (χ4n) is 1.98. The van der Waals surface area contributed by atoms with E-state index in [0.717, 1.165) is 23.7 Å². The van der Waals surface area contributed by atoms with Crippen molar-refractivity contribution in [2.24, 2.45) is 5.92 Å². The summed E-state index contributed by atoms with van der Waals surface area (Å²) in [6, 6.07) is 7.90. The maximum atomic E-state index is 6.18. The van der Waals surface area contributed by atoms with E-state index < -0.39 is 0 Å². The summed E-state index contributed by atoms with van der Waals surface area (Å²) in [5.41, 5.74) is 1.09. The van der Waals surface area contributed by atoms with E-state index in [0.29, 0.717) is 5.92 Å². The number of benzene rings is 1. The second-order valence-corrected chi connectivity index (χ2v) is 4.99. The lowest BCUT2D eigenvalue weighted by Gasteiger charge is -2.33. The fourth-order valence-corrected chi connectivity index (χ4v) is 2.23. The third kappa shape index (κ3) is 2.57. The molecule has 1 aliphatic heterocycles. The molecule has 1 aliphatic rings. The molecule has 1 saturated heterocycles. The van der Waals surface area contributed by atoms with E-state index in [-0.39, 0.29) is 12.2 Å². The Morgan fingerprint density at radius 2 is 2.06 bits per heavy atom. The third-order valence-corrected chi connectivity index (χ3v) is 3.35. The lowest BCUT2D eigenvalue weighted by atomic mass is 10.0. The van der Waals surface area contributed by atoms with E-state index in [1.807, 2.05) is 24.3 Å². The average molecular weight is 240 g/mol. The molecule has 0 radical (unpaired) electrons. The van der Waals surface area contributed by atoms with Crippen LogP contribution >= 0.6 is 11.6 Å². The number of hydrogen-bond donors (Lipinski definition) is 1. The molecule has 0 aromatic heterocycles. The number of rotatable bonds is 2. The zero-order valence-electron chi connectivity index (χ0n) is 9.74. The Morgan fingerprint density at radius 1 is 1.31 bits per heavy atom. The molecule has 1 aromatic rings. The summed E-state index contributed by atoms with van der Waals surface area (Å²) >= 11 is 6.18. The maximum Gasteiger partial charge on any atom is 0.0968 e. The molecule has 2 atom stereocenters. The molecule has 0 amide bonds. The van der Waals surface area contributed by atoms with Gasteiger partial charge in [-0.15, -0.1) is 0 Å². The third-order valence-electron chi connectivity index (χ3n) is 3.01. The van der Waals surface area contributed by atoms with Crippen LogP contribution in [-0.4, -0.2) is 19.2 Å². The van der Waals surface area contributed by atoms with E-state index in [1.165, 1.54) is 0 Å². The molecule has 2 unspecified atom stereocenters. The van der Waals surface area contributed by atoms with Gasteiger partial charge >= 0.3 is 0 Å². The van der Waals surface area contributed by atoms with Gasteiger partial charge in [0.2, 0.25) is 0 Å². The molecule has 16 heavy (non-hydrogen) atoms. The number of hydrogen-bond acceptors (Lipinski definition) is 2. The van der Waals surface area contributed by atoms with Gasteiger partial charge in [-0.25, -0.2) is 0 Å². The van der Waals surface area contributed by atoms with Crippen molar-refractivity contribution in [3.8, 4) is 0 Å². The first-order valence-corrected chi connectivity index (χ1v) is 6.17. The standard InChI is InChI=1S/C13H18ClNO/c1-9(2)12-7-15-8-13(16-12)10-5-3-4-6-11(10)14/h3-6,9,12-13,15H,7-8H2,1-2H3. The summed E-state index contributed by atoms with van der Waals surface area (Å²) < 4.78 is 6.07. The highest BCUT2D eigenvalue weighted by atomic mass is 35.5. The Labute approximate surface area is 102 Å². The molecule has 1 N–H and O–H groups in total. The number of nitrogens with one attached hydrogen (secondary N) is 1. The van der Waals surface area contributed by atoms with E-state index in [4.69, 9.17) is 16.3 Å². The predicted octanol–water partition coefficient (Wildman–Crippen LogP) is 3.03. The molecular formula is C13H18ClNO. The number of morpholine rings is 1. The Hall–Kier alpha value is -0.570. The molecule has 2 nitrogen and oxygen atoms in total. The van der Waals surface area contributed by atoms with E-state index in [2.05, 4.69) is 19.2 Å². The Morgan fingerprint density at radius 3 is 2.75 bits per heavy atom. The molecule has 0 bridgehead atoms. The number of ether oxygens (including phenoxy) is 1. The lowest BCUT2D eigenvalue weighted by molar-refractivity contribution is -0.0602. The first-order chi connectivity index (χ1) is 7.68. The minimum atomic E-state index is 0.0786. The molecule has 1 heterocycles. The Bertz CT molecular complexity index is 354. The highest BCUT2D eigenvalue weighted by Gasteiger charge is 2.26. The van der Waals surface area contributed by atoms with Gasteiger partial charge in [0.05, 0.1) is 12.2 Å². The highest BCUT2D eigenvalue weighted by Crippen LogP contribution is 2.29. The van der Waals surface area contributed by atoms with Crippen molar-refractivity contribution in [3.63, 3.8) is 0 Å². The van der Waals surface area contributed by atoms with Gasteiger partial charge in [-0.05, 0) is 12.0 Å². The van der Waals surface area contributed by atoms with Crippen LogP contribution in [0, 0.1) is 5.92 Å². The topological polar surface area (TPSA) is 21.3 Å². The van der Waals surface area contributed by atoms with Crippen LogP contribution in [0.4, 0.5) is 0 Å². The molecule has 0 spiro atoms. The van der Waals surface area contributed by atoms with Crippen molar-refractivity contribution >= 4 is 11.6 Å². The van der Waals surface area contributed by atoms with Crippen LogP contribution < -0.4 is 5.32 Å². The molecule has 2 rings (SSSR count). The summed E-state index contributed by atoms with van der Waals surface area (Å²) in [6.07, 6.45) is 0.352. The second kappa shape index (κ2) is 5.17. The molecule has 0 aliphatic carbocycles. The van der Waals surface area contributed by atoms with Crippen molar-refractivity contribution in [2.75, 3.05) is 13.1 Å². The Kier molecular flexibility index (Phi) is 3.85. The molecule has 3 heteroatoms. The minimum absolute atomic E-state index is 0.0786. The maximum absolute atomic E-state index is 6.18. The van der Waals surface area contributed by atoms with E-state index in [1.54, 1.807) is 0 Å². The van der Waals surface area contributed by atoms with Crippen LogP contribution in [0.5, 0.6) is 0 Å². The van der Waals surface area contributed by atoms with E-state index >= 15 is 0 Å². The van der Waals surface area contributed by atoms with Crippen molar-refractivity contribution in [1.29, 1.82) is 0 Å². The first-order valence-electron chi connectivity index (χ1n) is 5.79.